The molecule has 0 radical (unpaired) electrons. The number of rotatable bonds is 6. The van der Waals surface area contributed by atoms with Crippen molar-refractivity contribution in [2.24, 2.45) is 11.8 Å². The lowest BCUT2D eigenvalue weighted by atomic mass is 10.2. The third-order valence-corrected chi connectivity index (χ3v) is 3.36. The number of hydrogen-bond acceptors (Lipinski definition) is 4. The normalized spacial score (nSPS) is 21.3. The van der Waals surface area contributed by atoms with Gasteiger partial charge in [-0.1, -0.05) is 6.92 Å². The van der Waals surface area contributed by atoms with Crippen LogP contribution in [0.4, 0.5) is 11.4 Å². The van der Waals surface area contributed by atoms with E-state index in [1.807, 2.05) is 13.8 Å². The average Bonchev–Trinajstić information content (AvgIpc) is 3.02. The molecule has 0 aromatic heterocycles. The molecule has 1 aromatic carbocycles. The summed E-state index contributed by atoms with van der Waals surface area (Å²) in [5.74, 6) is 1.84. The summed E-state index contributed by atoms with van der Waals surface area (Å²) in [6.07, 6.45) is 1.17. The fourth-order valence-corrected chi connectivity index (χ4v) is 2.06. The maximum atomic E-state index is 10.9. The summed E-state index contributed by atoms with van der Waals surface area (Å²) < 4.78 is 5.51. The Balaban J connectivity index is 2.09. The lowest BCUT2D eigenvalue weighted by molar-refractivity contribution is -0.386. The molecule has 1 aliphatic carbocycles. The van der Waals surface area contributed by atoms with Crippen LogP contribution in [-0.2, 0) is 0 Å². The molecule has 5 nitrogen and oxygen atoms in total. The second-order valence-electron chi connectivity index (χ2n) is 5.46. The van der Waals surface area contributed by atoms with E-state index in [0.29, 0.717) is 5.75 Å². The molecule has 19 heavy (non-hydrogen) atoms. The summed E-state index contributed by atoms with van der Waals surface area (Å²) in [5, 5.41) is 14.3. The van der Waals surface area contributed by atoms with Crippen molar-refractivity contribution >= 4 is 11.4 Å². The summed E-state index contributed by atoms with van der Waals surface area (Å²) in [4.78, 5) is 10.5. The zero-order chi connectivity index (χ0) is 14.0. The Morgan fingerprint density at radius 3 is 2.74 bits per heavy atom. The van der Waals surface area contributed by atoms with Crippen molar-refractivity contribution in [2.45, 2.75) is 33.3 Å². The standard InChI is InChI=1S/C14H20N2O3/c1-9(2)19-14-7-12(4-5-13(14)16(17)18)15-8-11-6-10(11)3/h4-5,7,9-11,15H,6,8H2,1-3H3. The molecule has 0 saturated heterocycles. The molecule has 0 amide bonds. The van der Waals surface area contributed by atoms with Gasteiger partial charge in [-0.25, -0.2) is 0 Å². The summed E-state index contributed by atoms with van der Waals surface area (Å²) in [6, 6.07) is 4.94. The molecule has 2 atom stereocenters. The number of nitrogens with one attached hydrogen (secondary N) is 1. The summed E-state index contributed by atoms with van der Waals surface area (Å²) >= 11 is 0. The number of nitrogens with zero attached hydrogens (tertiary/aromatic N) is 1. The van der Waals surface area contributed by atoms with E-state index < -0.39 is 4.92 Å². The number of nitro benzene ring substituents is 1. The van der Waals surface area contributed by atoms with Crippen LogP contribution in [0.25, 0.3) is 0 Å². The molecule has 1 aliphatic rings. The van der Waals surface area contributed by atoms with Gasteiger partial charge in [-0.05, 0) is 38.2 Å². The van der Waals surface area contributed by atoms with Gasteiger partial charge in [0.25, 0.3) is 0 Å². The van der Waals surface area contributed by atoms with Gasteiger partial charge in [-0.15, -0.1) is 0 Å². The van der Waals surface area contributed by atoms with Crippen LogP contribution in [-0.4, -0.2) is 17.6 Å². The molecule has 2 rings (SSSR count). The Bertz CT molecular complexity index is 474. The summed E-state index contributed by atoms with van der Waals surface area (Å²) in [7, 11) is 0. The molecule has 1 saturated carbocycles. The van der Waals surface area contributed by atoms with Crippen LogP contribution in [0.15, 0.2) is 18.2 Å². The molecule has 0 bridgehead atoms. The van der Waals surface area contributed by atoms with Crippen molar-refractivity contribution in [1.29, 1.82) is 0 Å². The first-order chi connectivity index (χ1) is 8.97. The molecule has 1 aromatic rings. The highest BCUT2D eigenvalue weighted by Crippen LogP contribution is 2.38. The Labute approximate surface area is 113 Å². The van der Waals surface area contributed by atoms with E-state index in [1.54, 1.807) is 12.1 Å². The molecular formula is C14H20N2O3. The summed E-state index contributed by atoms with van der Waals surface area (Å²) in [6.45, 7) is 6.86. The van der Waals surface area contributed by atoms with Crippen LogP contribution in [0.2, 0.25) is 0 Å². The topological polar surface area (TPSA) is 64.4 Å². The van der Waals surface area contributed by atoms with E-state index in [9.17, 15) is 10.1 Å². The highest BCUT2D eigenvalue weighted by molar-refractivity contribution is 5.58. The lowest BCUT2D eigenvalue weighted by Crippen LogP contribution is -2.09. The highest BCUT2D eigenvalue weighted by Gasteiger charge is 2.31. The van der Waals surface area contributed by atoms with Crippen LogP contribution in [0.5, 0.6) is 5.75 Å². The maximum Gasteiger partial charge on any atom is 0.311 e. The minimum Gasteiger partial charge on any atom is -0.484 e. The van der Waals surface area contributed by atoms with Crippen molar-refractivity contribution in [3.63, 3.8) is 0 Å². The zero-order valence-electron chi connectivity index (χ0n) is 11.6. The minimum atomic E-state index is -0.412. The largest absolute Gasteiger partial charge is 0.484 e. The van der Waals surface area contributed by atoms with Crippen LogP contribution in [0.3, 0.4) is 0 Å². The second-order valence-corrected chi connectivity index (χ2v) is 5.46. The SMILES string of the molecule is CC(C)Oc1cc(NCC2CC2C)ccc1[N+](=O)[O-]. The second kappa shape index (κ2) is 5.47. The van der Waals surface area contributed by atoms with Crippen LogP contribution >= 0.6 is 0 Å². The predicted molar refractivity (Wildman–Crippen MR) is 74.6 cm³/mol. The van der Waals surface area contributed by atoms with Crippen molar-refractivity contribution in [2.75, 3.05) is 11.9 Å². The Kier molecular flexibility index (Phi) is 3.93. The van der Waals surface area contributed by atoms with Gasteiger partial charge in [0, 0.05) is 24.4 Å². The lowest BCUT2D eigenvalue weighted by Gasteiger charge is -2.12. The summed E-state index contributed by atoms with van der Waals surface area (Å²) in [5.41, 5.74) is 0.888. The van der Waals surface area contributed by atoms with Gasteiger partial charge >= 0.3 is 5.69 Å². The molecule has 2 unspecified atom stereocenters. The Hall–Kier alpha value is -1.78. The van der Waals surface area contributed by atoms with Crippen LogP contribution < -0.4 is 10.1 Å². The molecule has 5 heteroatoms. The quantitative estimate of drug-likeness (QED) is 0.631. The molecule has 0 aliphatic heterocycles. The molecular weight excluding hydrogens is 244 g/mol. The number of hydrogen-bond donors (Lipinski definition) is 1. The van der Waals surface area contributed by atoms with Crippen molar-refractivity contribution < 1.29 is 9.66 Å². The number of nitro groups is 1. The van der Waals surface area contributed by atoms with E-state index in [2.05, 4.69) is 12.2 Å². The third kappa shape index (κ3) is 3.59. The third-order valence-electron chi connectivity index (χ3n) is 3.36. The van der Waals surface area contributed by atoms with E-state index in [0.717, 1.165) is 24.1 Å². The van der Waals surface area contributed by atoms with Crippen LogP contribution in [0, 0.1) is 22.0 Å². The van der Waals surface area contributed by atoms with Gasteiger partial charge < -0.3 is 10.1 Å². The van der Waals surface area contributed by atoms with E-state index in [4.69, 9.17) is 4.74 Å². The molecule has 0 spiro atoms. The van der Waals surface area contributed by atoms with Crippen molar-refractivity contribution in [3.05, 3.63) is 28.3 Å². The fraction of sp³-hybridized carbons (Fsp3) is 0.571. The Morgan fingerprint density at radius 1 is 1.53 bits per heavy atom. The van der Waals surface area contributed by atoms with Gasteiger partial charge in [-0.2, -0.15) is 0 Å². The zero-order valence-corrected chi connectivity index (χ0v) is 11.6. The van der Waals surface area contributed by atoms with Gasteiger partial charge in [0.15, 0.2) is 5.75 Å². The maximum absolute atomic E-state index is 10.9. The van der Waals surface area contributed by atoms with Crippen LogP contribution in [0.1, 0.15) is 27.2 Å². The number of anilines is 1. The first-order valence-corrected chi connectivity index (χ1v) is 6.66. The smallest absolute Gasteiger partial charge is 0.311 e. The fourth-order valence-electron chi connectivity index (χ4n) is 2.06. The van der Waals surface area contributed by atoms with E-state index >= 15 is 0 Å². The Morgan fingerprint density at radius 2 is 2.21 bits per heavy atom. The van der Waals surface area contributed by atoms with Crippen molar-refractivity contribution in [3.8, 4) is 5.75 Å². The highest BCUT2D eigenvalue weighted by atomic mass is 16.6. The first kappa shape index (κ1) is 13.6. The van der Waals surface area contributed by atoms with Gasteiger partial charge in [0.05, 0.1) is 11.0 Å². The van der Waals surface area contributed by atoms with E-state index in [-0.39, 0.29) is 11.8 Å². The molecule has 1 fully saturated rings. The van der Waals surface area contributed by atoms with Gasteiger partial charge in [0.1, 0.15) is 0 Å². The predicted octanol–water partition coefficient (Wildman–Crippen LogP) is 3.45. The average molecular weight is 264 g/mol. The van der Waals surface area contributed by atoms with Crippen molar-refractivity contribution in [1.82, 2.24) is 0 Å². The molecule has 1 N–H and O–H groups in total. The van der Waals surface area contributed by atoms with E-state index in [1.165, 1.54) is 12.5 Å². The molecule has 0 heterocycles. The first-order valence-electron chi connectivity index (χ1n) is 6.66. The number of benzene rings is 1. The van der Waals surface area contributed by atoms with Gasteiger partial charge in [-0.3, -0.25) is 10.1 Å². The monoisotopic (exact) mass is 264 g/mol. The molecule has 104 valence electrons. The minimum absolute atomic E-state index is 0.0130. The van der Waals surface area contributed by atoms with Gasteiger partial charge in [0.2, 0.25) is 0 Å². The number of ether oxygens (including phenoxy) is 1.